The summed E-state index contributed by atoms with van der Waals surface area (Å²) in [5.41, 5.74) is 0.543. The minimum Gasteiger partial charge on any atom is -0.494 e. The number of nitriles is 1. The predicted molar refractivity (Wildman–Crippen MR) is 98.2 cm³/mol. The maximum atomic E-state index is 13.9. The fourth-order valence-corrected chi connectivity index (χ4v) is 4.07. The first-order chi connectivity index (χ1) is 12.9. The van der Waals surface area contributed by atoms with Gasteiger partial charge in [-0.2, -0.15) is 5.26 Å². The first kappa shape index (κ1) is 18.7. The molecule has 1 aliphatic rings. The lowest BCUT2D eigenvalue weighted by atomic mass is 10.2. The number of sulfone groups is 1. The van der Waals surface area contributed by atoms with Gasteiger partial charge in [0.2, 0.25) is 9.84 Å². The third-order valence-electron chi connectivity index (χ3n) is 3.92. The molecule has 0 atom stereocenters. The maximum absolute atomic E-state index is 13.9. The molecule has 0 N–H and O–H groups in total. The lowest BCUT2D eigenvalue weighted by Gasteiger charge is -2.29. The quantitative estimate of drug-likeness (QED) is 0.723. The van der Waals surface area contributed by atoms with E-state index in [1.165, 1.54) is 11.1 Å². The maximum Gasteiger partial charge on any atom is 0.220 e. The molecule has 27 heavy (non-hydrogen) atoms. The van der Waals surface area contributed by atoms with Crippen molar-refractivity contribution in [2.45, 2.75) is 18.7 Å². The molecule has 2 aromatic rings. The zero-order valence-corrected chi connectivity index (χ0v) is 15.6. The first-order valence-corrected chi connectivity index (χ1v) is 9.76. The van der Waals surface area contributed by atoms with Gasteiger partial charge in [0.25, 0.3) is 0 Å². The number of ether oxygens (including phenoxy) is 2. The number of fused-ring (bicyclic) bond motifs is 1. The Morgan fingerprint density at radius 1 is 1.07 bits per heavy atom. The van der Waals surface area contributed by atoms with Crippen LogP contribution in [-0.2, 0) is 9.84 Å². The minimum atomic E-state index is -4.02. The van der Waals surface area contributed by atoms with Crippen LogP contribution in [0, 0.1) is 17.1 Å². The second kappa shape index (κ2) is 7.29. The van der Waals surface area contributed by atoms with E-state index >= 15 is 0 Å². The van der Waals surface area contributed by atoms with Crippen LogP contribution in [0.2, 0.25) is 0 Å². The average Bonchev–Trinajstić information content (AvgIpc) is 2.63. The van der Waals surface area contributed by atoms with Gasteiger partial charge in [-0.25, -0.2) is 12.8 Å². The van der Waals surface area contributed by atoms with E-state index in [1.807, 2.05) is 13.8 Å². The van der Waals surface area contributed by atoms with E-state index in [0.717, 1.165) is 18.2 Å². The number of halogens is 1. The van der Waals surface area contributed by atoms with Crippen molar-refractivity contribution < 1.29 is 22.3 Å². The van der Waals surface area contributed by atoms with Crippen molar-refractivity contribution in [3.05, 3.63) is 53.3 Å². The fraction of sp³-hybridized carbons (Fsp3) is 0.211. The zero-order valence-electron chi connectivity index (χ0n) is 14.8. The summed E-state index contributed by atoms with van der Waals surface area (Å²) in [5, 5.41) is 9.33. The number of rotatable bonds is 5. The van der Waals surface area contributed by atoms with Gasteiger partial charge in [-0.05, 0) is 44.2 Å². The van der Waals surface area contributed by atoms with E-state index < -0.39 is 20.6 Å². The van der Waals surface area contributed by atoms with E-state index in [9.17, 15) is 18.1 Å². The minimum absolute atomic E-state index is 0.101. The second-order valence-corrected chi connectivity index (χ2v) is 7.47. The molecule has 1 aliphatic heterocycles. The molecule has 2 aromatic carbocycles. The molecule has 0 aliphatic carbocycles. The number of allylic oxidation sites excluding steroid dienone is 1. The summed E-state index contributed by atoms with van der Waals surface area (Å²) in [6.45, 7) is 4.46. The van der Waals surface area contributed by atoms with Crippen LogP contribution in [0.25, 0.3) is 0 Å². The number of hydrogen-bond donors (Lipinski definition) is 0. The van der Waals surface area contributed by atoms with E-state index in [4.69, 9.17) is 9.47 Å². The molecule has 0 saturated heterocycles. The van der Waals surface area contributed by atoms with Gasteiger partial charge in [-0.1, -0.05) is 0 Å². The number of hydrogen-bond acceptors (Lipinski definition) is 6. The van der Waals surface area contributed by atoms with Crippen LogP contribution in [0.3, 0.4) is 0 Å². The van der Waals surface area contributed by atoms with Gasteiger partial charge in [0.05, 0.1) is 29.5 Å². The predicted octanol–water partition coefficient (Wildman–Crippen LogP) is 3.91. The zero-order chi connectivity index (χ0) is 19.6. The van der Waals surface area contributed by atoms with Gasteiger partial charge in [0.15, 0.2) is 4.91 Å². The summed E-state index contributed by atoms with van der Waals surface area (Å²) < 4.78 is 50.3. The highest BCUT2D eigenvalue weighted by atomic mass is 32.2. The molecule has 0 saturated carbocycles. The molecule has 3 rings (SSSR count). The summed E-state index contributed by atoms with van der Waals surface area (Å²) >= 11 is 0. The van der Waals surface area contributed by atoms with Crippen molar-refractivity contribution in [2.24, 2.45) is 0 Å². The lowest BCUT2D eigenvalue weighted by molar-refractivity contribution is 0.331. The molecule has 0 unspecified atom stereocenters. The molecule has 8 heteroatoms. The van der Waals surface area contributed by atoms with Crippen LogP contribution in [0.15, 0.2) is 52.4 Å². The third kappa shape index (κ3) is 3.34. The van der Waals surface area contributed by atoms with Crippen LogP contribution in [0.5, 0.6) is 11.5 Å². The van der Waals surface area contributed by atoms with Gasteiger partial charge >= 0.3 is 0 Å². The van der Waals surface area contributed by atoms with Gasteiger partial charge in [0, 0.05) is 12.3 Å². The third-order valence-corrected chi connectivity index (χ3v) is 5.62. The van der Waals surface area contributed by atoms with Crippen LogP contribution < -0.4 is 14.4 Å². The van der Waals surface area contributed by atoms with E-state index in [2.05, 4.69) is 0 Å². The topological polar surface area (TPSA) is 79.6 Å². The molecule has 140 valence electrons. The fourth-order valence-electron chi connectivity index (χ4n) is 2.79. The molecular weight excluding hydrogens is 371 g/mol. The van der Waals surface area contributed by atoms with Gasteiger partial charge in [-0.3, -0.25) is 0 Å². The Hall–Kier alpha value is -3.05. The number of benzene rings is 2. The van der Waals surface area contributed by atoms with Crippen molar-refractivity contribution in [3.8, 4) is 17.6 Å². The summed E-state index contributed by atoms with van der Waals surface area (Å²) in [6.07, 6.45) is 1.17. The highest BCUT2D eigenvalue weighted by Crippen LogP contribution is 2.44. The van der Waals surface area contributed by atoms with E-state index in [1.54, 1.807) is 24.3 Å². The van der Waals surface area contributed by atoms with Gasteiger partial charge in [-0.15, -0.1) is 0 Å². The van der Waals surface area contributed by atoms with Crippen LogP contribution in [0.1, 0.15) is 13.8 Å². The van der Waals surface area contributed by atoms with Crippen molar-refractivity contribution in [3.63, 3.8) is 0 Å². The molecule has 0 radical (unpaired) electrons. The molecule has 0 amide bonds. The molecule has 0 bridgehead atoms. The summed E-state index contributed by atoms with van der Waals surface area (Å²) in [6, 6.07) is 10.1. The van der Waals surface area contributed by atoms with Crippen LogP contribution >= 0.6 is 0 Å². The van der Waals surface area contributed by atoms with E-state index in [-0.39, 0.29) is 10.6 Å². The van der Waals surface area contributed by atoms with Crippen molar-refractivity contribution in [2.75, 3.05) is 18.1 Å². The van der Waals surface area contributed by atoms with Gasteiger partial charge < -0.3 is 14.4 Å². The van der Waals surface area contributed by atoms with Crippen molar-refractivity contribution in [1.29, 1.82) is 5.26 Å². The Balaban J connectivity index is 2.29. The highest BCUT2D eigenvalue weighted by molar-refractivity contribution is 7.95. The molecule has 0 fully saturated rings. The molecule has 1 heterocycles. The van der Waals surface area contributed by atoms with Crippen LogP contribution in [0.4, 0.5) is 15.8 Å². The monoisotopic (exact) mass is 388 g/mol. The molecular formula is C19H17FN2O4S. The first-order valence-electron chi connectivity index (χ1n) is 8.27. The van der Waals surface area contributed by atoms with Crippen LogP contribution in [-0.4, -0.2) is 21.6 Å². The Morgan fingerprint density at radius 3 is 2.48 bits per heavy atom. The summed E-state index contributed by atoms with van der Waals surface area (Å²) in [5.74, 6) is 0.389. The lowest BCUT2D eigenvalue weighted by Crippen LogP contribution is -2.22. The smallest absolute Gasteiger partial charge is 0.220 e. The van der Waals surface area contributed by atoms with Crippen molar-refractivity contribution >= 4 is 21.2 Å². The summed E-state index contributed by atoms with van der Waals surface area (Å²) in [7, 11) is -4.02. The average molecular weight is 388 g/mol. The van der Waals surface area contributed by atoms with Crippen molar-refractivity contribution in [1.82, 2.24) is 0 Å². The highest BCUT2D eigenvalue weighted by Gasteiger charge is 2.33. The Kier molecular flexibility index (Phi) is 5.06. The number of nitrogens with zero attached hydrogens (tertiary/aromatic N) is 2. The molecule has 6 nitrogen and oxygen atoms in total. The number of anilines is 2. The summed E-state index contributed by atoms with van der Waals surface area (Å²) in [4.78, 5) is 0.851. The molecule has 0 spiro atoms. The standard InChI is InChI=1S/C19H17FN2O4S/c1-3-25-14-6-7-18(26-4-2)16(10-14)22-12-15(11-21)27(23,24)19-8-5-13(20)9-17(19)22/h5-10,12H,3-4H2,1-2H3. The second-order valence-electron chi connectivity index (χ2n) is 5.59. The Labute approximate surface area is 157 Å². The Bertz CT molecular complexity index is 1060. The van der Waals surface area contributed by atoms with Gasteiger partial charge in [0.1, 0.15) is 23.4 Å². The normalized spacial score (nSPS) is 14.7. The largest absolute Gasteiger partial charge is 0.494 e. The van der Waals surface area contributed by atoms with E-state index in [0.29, 0.717) is 30.4 Å². The SMILES string of the molecule is CCOc1ccc(OCC)c(N2C=C(C#N)S(=O)(=O)c3ccc(F)cc32)c1. The Morgan fingerprint density at radius 2 is 1.81 bits per heavy atom. The molecule has 0 aromatic heterocycles.